The van der Waals surface area contributed by atoms with Gasteiger partial charge in [0.05, 0.1) is 0 Å². The van der Waals surface area contributed by atoms with Gasteiger partial charge in [0.1, 0.15) is 0 Å². The zero-order valence-electron chi connectivity index (χ0n) is 13.9. The van der Waals surface area contributed by atoms with Gasteiger partial charge in [0.25, 0.3) is 0 Å². The summed E-state index contributed by atoms with van der Waals surface area (Å²) >= 11 is 0. The van der Waals surface area contributed by atoms with Crippen molar-refractivity contribution in [1.29, 1.82) is 0 Å². The summed E-state index contributed by atoms with van der Waals surface area (Å²) in [5, 5.41) is 19.2. The van der Waals surface area contributed by atoms with Crippen molar-refractivity contribution < 1.29 is 19.8 Å². The molecule has 2 rings (SSSR count). The van der Waals surface area contributed by atoms with Crippen molar-refractivity contribution in [3.05, 3.63) is 12.2 Å². The second-order valence-corrected chi connectivity index (χ2v) is 7.41. The molecule has 0 aliphatic carbocycles. The molecule has 2 fully saturated rings. The number of likely N-dealkylation sites (tertiary alicyclic amines) is 1. The van der Waals surface area contributed by atoms with Gasteiger partial charge in [-0.3, -0.25) is 4.90 Å². The molecule has 0 saturated carbocycles. The average Bonchev–Trinajstić information content (AvgIpc) is 2.34. The molecule has 2 aliphatic heterocycles. The summed E-state index contributed by atoms with van der Waals surface area (Å²) in [7, 11) is 0. The lowest BCUT2D eigenvalue weighted by atomic mass is 9.66. The smallest absolute Gasteiger partial charge is 0.328 e. The van der Waals surface area contributed by atoms with Crippen LogP contribution in [0.3, 0.4) is 0 Å². The highest BCUT2D eigenvalue weighted by atomic mass is 16.4. The molecule has 2 heterocycles. The lowest BCUT2D eigenvalue weighted by Crippen LogP contribution is -2.62. The first-order valence-electron chi connectivity index (χ1n) is 7.64. The van der Waals surface area contributed by atoms with Gasteiger partial charge >= 0.3 is 11.9 Å². The Bertz CT molecular complexity index is 415. The number of hydrogen-bond acceptors (Lipinski definition) is 4. The molecule has 6 nitrogen and oxygen atoms in total. The Morgan fingerprint density at radius 3 is 1.77 bits per heavy atom. The second-order valence-electron chi connectivity index (χ2n) is 7.41. The van der Waals surface area contributed by atoms with E-state index < -0.39 is 11.9 Å². The third-order valence-corrected chi connectivity index (χ3v) is 4.23. The molecule has 22 heavy (non-hydrogen) atoms. The molecule has 2 aliphatic rings. The number of carboxylic acids is 2. The van der Waals surface area contributed by atoms with Crippen LogP contribution in [-0.4, -0.2) is 59.3 Å². The van der Waals surface area contributed by atoms with Crippen LogP contribution < -0.4 is 5.32 Å². The van der Waals surface area contributed by atoms with E-state index in [2.05, 4.69) is 37.9 Å². The minimum absolute atomic E-state index is 0.509. The Kier molecular flexibility index (Phi) is 6.14. The van der Waals surface area contributed by atoms with E-state index in [1.807, 2.05) is 0 Å². The highest BCUT2D eigenvalue weighted by Gasteiger charge is 2.45. The van der Waals surface area contributed by atoms with E-state index in [0.717, 1.165) is 0 Å². The van der Waals surface area contributed by atoms with Gasteiger partial charge in [-0.25, -0.2) is 9.59 Å². The number of fused-ring (bicyclic) bond motifs is 2. The molecule has 0 amide bonds. The molecule has 3 N–H and O–H groups in total. The fourth-order valence-electron chi connectivity index (χ4n) is 3.59. The van der Waals surface area contributed by atoms with E-state index in [0.29, 0.717) is 29.0 Å². The monoisotopic (exact) mass is 312 g/mol. The molecule has 0 spiro atoms. The molecule has 0 radical (unpaired) electrons. The number of nitrogens with zero attached hydrogens (tertiary/aromatic N) is 1. The number of piperidine rings is 2. The van der Waals surface area contributed by atoms with E-state index in [4.69, 9.17) is 10.2 Å². The number of hydrogen-bond donors (Lipinski definition) is 3. The summed E-state index contributed by atoms with van der Waals surface area (Å²) in [6.07, 6.45) is 2.51. The predicted octanol–water partition coefficient (Wildman–Crippen LogP) is 1.43. The largest absolute Gasteiger partial charge is 0.478 e. The SMILES string of the molecule is CC(C)N1CC2(C)CNCC(C)(C1)C2.O=C(O)C=CC(=O)O. The Morgan fingerprint density at radius 2 is 1.45 bits per heavy atom. The van der Waals surface area contributed by atoms with Crippen molar-refractivity contribution >= 4 is 11.9 Å². The number of carboxylic acid groups (broad SMARTS) is 2. The first-order valence-corrected chi connectivity index (χ1v) is 7.64. The van der Waals surface area contributed by atoms with Crippen LogP contribution in [0.15, 0.2) is 12.2 Å². The fourth-order valence-corrected chi connectivity index (χ4v) is 3.59. The van der Waals surface area contributed by atoms with Gasteiger partial charge in [0.15, 0.2) is 0 Å². The summed E-state index contributed by atoms with van der Waals surface area (Å²) in [6.45, 7) is 14.5. The molecule has 0 aromatic carbocycles. The maximum Gasteiger partial charge on any atom is 0.328 e. The molecule has 126 valence electrons. The number of aliphatic carboxylic acids is 2. The highest BCUT2D eigenvalue weighted by molar-refractivity contribution is 5.89. The van der Waals surface area contributed by atoms with Crippen LogP contribution in [0, 0.1) is 10.8 Å². The molecule has 6 heteroatoms. The Morgan fingerprint density at radius 1 is 1.05 bits per heavy atom. The van der Waals surface area contributed by atoms with Gasteiger partial charge in [-0.05, 0) is 31.1 Å². The summed E-state index contributed by atoms with van der Waals surface area (Å²) in [5.74, 6) is -2.51. The van der Waals surface area contributed by atoms with E-state index in [-0.39, 0.29) is 0 Å². The van der Waals surface area contributed by atoms with Crippen LogP contribution in [0.2, 0.25) is 0 Å². The lowest BCUT2D eigenvalue weighted by molar-refractivity contribution is -0.134. The van der Waals surface area contributed by atoms with Crippen LogP contribution >= 0.6 is 0 Å². The minimum atomic E-state index is -1.26. The highest BCUT2D eigenvalue weighted by Crippen LogP contribution is 2.42. The van der Waals surface area contributed by atoms with Crippen molar-refractivity contribution in [2.75, 3.05) is 26.2 Å². The first kappa shape index (κ1) is 18.6. The first-order chi connectivity index (χ1) is 10.1. The zero-order chi connectivity index (χ0) is 17.0. The summed E-state index contributed by atoms with van der Waals surface area (Å²) < 4.78 is 0. The quantitative estimate of drug-likeness (QED) is 0.683. The maximum atomic E-state index is 9.55. The molecule has 0 aromatic rings. The number of nitrogens with one attached hydrogen (secondary N) is 1. The molecule has 2 unspecified atom stereocenters. The van der Waals surface area contributed by atoms with Crippen LogP contribution in [0.5, 0.6) is 0 Å². The molecule has 2 atom stereocenters. The number of carbonyl (C=O) groups is 2. The Balaban J connectivity index is 0.000000261. The molecular weight excluding hydrogens is 284 g/mol. The van der Waals surface area contributed by atoms with Gasteiger partial charge in [-0.1, -0.05) is 13.8 Å². The Hall–Kier alpha value is -1.40. The average molecular weight is 312 g/mol. The van der Waals surface area contributed by atoms with Gasteiger partial charge < -0.3 is 15.5 Å². The normalized spacial score (nSPS) is 31.7. The van der Waals surface area contributed by atoms with Crippen molar-refractivity contribution in [2.45, 2.75) is 40.2 Å². The van der Waals surface area contributed by atoms with Crippen LogP contribution in [0.1, 0.15) is 34.1 Å². The van der Waals surface area contributed by atoms with Crippen molar-refractivity contribution in [3.63, 3.8) is 0 Å². The van der Waals surface area contributed by atoms with Crippen LogP contribution in [-0.2, 0) is 9.59 Å². The van der Waals surface area contributed by atoms with Crippen LogP contribution in [0.25, 0.3) is 0 Å². The lowest BCUT2D eigenvalue weighted by Gasteiger charge is -2.55. The molecule has 0 aromatic heterocycles. The van der Waals surface area contributed by atoms with E-state index in [1.54, 1.807) is 0 Å². The maximum absolute atomic E-state index is 9.55. The third kappa shape index (κ3) is 5.77. The minimum Gasteiger partial charge on any atom is -0.478 e. The standard InChI is InChI=1S/C12H24N2.C4H4O4/c1-10(2)14-8-11(3)5-12(4,9-14)7-13-6-11;5-3(6)1-2-4(7)8/h10,13H,5-9H2,1-4H3;1-2H,(H,5,6)(H,7,8). The zero-order valence-corrected chi connectivity index (χ0v) is 13.9. The second kappa shape index (κ2) is 7.24. The summed E-state index contributed by atoms with van der Waals surface area (Å²) in [5.41, 5.74) is 1.02. The molecular formula is C16H28N2O4. The van der Waals surface area contributed by atoms with Gasteiger partial charge in [0.2, 0.25) is 0 Å². The van der Waals surface area contributed by atoms with Crippen molar-refractivity contribution in [2.24, 2.45) is 10.8 Å². The van der Waals surface area contributed by atoms with E-state index >= 15 is 0 Å². The fraction of sp³-hybridized carbons (Fsp3) is 0.750. The van der Waals surface area contributed by atoms with E-state index in [1.165, 1.54) is 32.6 Å². The number of rotatable bonds is 3. The third-order valence-electron chi connectivity index (χ3n) is 4.23. The topological polar surface area (TPSA) is 89.9 Å². The Labute approximate surface area is 132 Å². The van der Waals surface area contributed by atoms with Gasteiger partial charge in [-0.15, -0.1) is 0 Å². The van der Waals surface area contributed by atoms with E-state index in [9.17, 15) is 9.59 Å². The van der Waals surface area contributed by atoms with Crippen molar-refractivity contribution in [1.82, 2.24) is 10.2 Å². The van der Waals surface area contributed by atoms with Gasteiger partial charge in [0, 0.05) is 44.4 Å². The molecule has 2 saturated heterocycles. The summed E-state index contributed by atoms with van der Waals surface area (Å²) in [4.78, 5) is 21.8. The summed E-state index contributed by atoms with van der Waals surface area (Å²) in [6, 6.07) is 0.701. The van der Waals surface area contributed by atoms with Gasteiger partial charge in [-0.2, -0.15) is 0 Å². The van der Waals surface area contributed by atoms with Crippen molar-refractivity contribution in [3.8, 4) is 0 Å². The predicted molar refractivity (Wildman–Crippen MR) is 84.8 cm³/mol. The van der Waals surface area contributed by atoms with Crippen LogP contribution in [0.4, 0.5) is 0 Å². The molecule has 2 bridgehead atoms.